The van der Waals surface area contributed by atoms with Gasteiger partial charge in [-0.1, -0.05) is 35.2 Å². The first-order valence-corrected chi connectivity index (χ1v) is 9.46. The van der Waals surface area contributed by atoms with E-state index >= 15 is 0 Å². The number of nitrogens with one attached hydrogen (secondary N) is 1. The maximum Gasteiger partial charge on any atom is 0.210 e. The summed E-state index contributed by atoms with van der Waals surface area (Å²) >= 11 is 2.67. The minimum Gasteiger partial charge on any atom is -0.495 e. The van der Waals surface area contributed by atoms with Crippen LogP contribution < -0.4 is 10.1 Å². The van der Waals surface area contributed by atoms with Gasteiger partial charge in [0.05, 0.1) is 18.0 Å². The molecule has 1 atom stereocenters. The topological polar surface area (TPSA) is 64.1 Å². The first kappa shape index (κ1) is 18.3. The van der Waals surface area contributed by atoms with Crippen LogP contribution in [0.15, 0.2) is 52.9 Å². The molecule has 0 bridgehead atoms. The van der Waals surface area contributed by atoms with Gasteiger partial charge in [0, 0.05) is 5.56 Å². The highest BCUT2D eigenvalue weighted by Crippen LogP contribution is 2.33. The molecule has 1 heterocycles. The van der Waals surface area contributed by atoms with Gasteiger partial charge in [-0.15, -0.1) is 10.2 Å². The Labute approximate surface area is 158 Å². The number of nitrogens with zero attached hydrogens (tertiary/aromatic N) is 2. The van der Waals surface area contributed by atoms with Gasteiger partial charge in [-0.25, -0.2) is 4.39 Å². The van der Waals surface area contributed by atoms with Crippen molar-refractivity contribution in [3.05, 3.63) is 59.9 Å². The monoisotopic (exact) mass is 389 g/mol. The number of anilines is 2. The third-order valence-corrected chi connectivity index (χ3v) is 5.55. The number of benzene rings is 2. The lowest BCUT2D eigenvalue weighted by molar-refractivity contribution is 0.0994. The predicted molar refractivity (Wildman–Crippen MR) is 102 cm³/mol. The Kier molecular flexibility index (Phi) is 5.85. The van der Waals surface area contributed by atoms with E-state index in [2.05, 4.69) is 15.5 Å². The second-order valence-corrected chi connectivity index (χ2v) is 7.90. The van der Waals surface area contributed by atoms with E-state index in [4.69, 9.17) is 4.74 Å². The second-order valence-electron chi connectivity index (χ2n) is 5.33. The number of Topliss-reactive ketones (excluding diaryl/α,β-unsaturated/α-hetero) is 1. The molecule has 0 fully saturated rings. The Balaban J connectivity index is 1.66. The molecule has 1 aromatic heterocycles. The first-order valence-electron chi connectivity index (χ1n) is 7.77. The average molecular weight is 389 g/mol. The molecule has 1 N–H and O–H groups in total. The van der Waals surface area contributed by atoms with Crippen molar-refractivity contribution in [1.29, 1.82) is 0 Å². The number of para-hydroxylation sites is 2. The van der Waals surface area contributed by atoms with E-state index in [0.29, 0.717) is 20.8 Å². The van der Waals surface area contributed by atoms with E-state index in [9.17, 15) is 9.18 Å². The van der Waals surface area contributed by atoms with Crippen LogP contribution in [0.3, 0.4) is 0 Å². The molecule has 0 saturated heterocycles. The smallest absolute Gasteiger partial charge is 0.210 e. The van der Waals surface area contributed by atoms with Crippen LogP contribution in [0.5, 0.6) is 5.75 Å². The molecule has 5 nitrogen and oxygen atoms in total. The zero-order valence-corrected chi connectivity index (χ0v) is 15.7. The van der Waals surface area contributed by atoms with Crippen molar-refractivity contribution in [1.82, 2.24) is 10.2 Å². The predicted octanol–water partition coefficient (Wildman–Crippen LogP) is 4.79. The molecule has 134 valence electrons. The van der Waals surface area contributed by atoms with Crippen molar-refractivity contribution in [2.24, 2.45) is 0 Å². The molecule has 0 aliphatic heterocycles. The Hall–Kier alpha value is -2.45. The van der Waals surface area contributed by atoms with Crippen LogP contribution in [0.25, 0.3) is 0 Å². The lowest BCUT2D eigenvalue weighted by atomic mass is 10.1. The van der Waals surface area contributed by atoms with Gasteiger partial charge in [-0.05, 0) is 43.3 Å². The first-order chi connectivity index (χ1) is 12.6. The van der Waals surface area contributed by atoms with E-state index in [0.717, 1.165) is 5.69 Å². The fourth-order valence-corrected chi connectivity index (χ4v) is 4.21. The summed E-state index contributed by atoms with van der Waals surface area (Å²) in [5.74, 6) is 0.263. The summed E-state index contributed by atoms with van der Waals surface area (Å²) in [6, 6.07) is 13.1. The highest BCUT2D eigenvalue weighted by Gasteiger charge is 2.19. The van der Waals surface area contributed by atoms with Gasteiger partial charge in [0.2, 0.25) is 5.13 Å². The van der Waals surface area contributed by atoms with Gasteiger partial charge in [-0.2, -0.15) is 0 Å². The number of rotatable bonds is 7. The summed E-state index contributed by atoms with van der Waals surface area (Å²) in [6.07, 6.45) is 0. The van der Waals surface area contributed by atoms with Gasteiger partial charge in [-0.3, -0.25) is 4.79 Å². The lowest BCUT2D eigenvalue weighted by Crippen LogP contribution is -2.13. The van der Waals surface area contributed by atoms with Gasteiger partial charge in [0.1, 0.15) is 11.6 Å². The van der Waals surface area contributed by atoms with Crippen LogP contribution in [-0.2, 0) is 0 Å². The molecule has 0 unspecified atom stereocenters. The van der Waals surface area contributed by atoms with E-state index in [-0.39, 0.29) is 16.9 Å². The largest absolute Gasteiger partial charge is 0.495 e. The molecule has 0 aliphatic rings. The van der Waals surface area contributed by atoms with Crippen molar-refractivity contribution >= 4 is 39.7 Å². The molecule has 0 saturated carbocycles. The number of hydrogen-bond acceptors (Lipinski definition) is 7. The normalized spacial score (nSPS) is 11.8. The van der Waals surface area contributed by atoms with Crippen LogP contribution >= 0.6 is 23.1 Å². The highest BCUT2D eigenvalue weighted by atomic mass is 32.2. The summed E-state index contributed by atoms with van der Waals surface area (Å²) in [6.45, 7) is 1.80. The number of aromatic nitrogens is 2. The number of hydrogen-bond donors (Lipinski definition) is 1. The number of halogens is 1. The van der Waals surface area contributed by atoms with Gasteiger partial charge in [0.15, 0.2) is 10.1 Å². The maximum atomic E-state index is 13.0. The van der Waals surface area contributed by atoms with E-state index in [1.165, 1.54) is 47.4 Å². The van der Waals surface area contributed by atoms with E-state index in [1.807, 2.05) is 24.3 Å². The third kappa shape index (κ3) is 4.39. The molecule has 26 heavy (non-hydrogen) atoms. The minimum absolute atomic E-state index is 0.0792. The van der Waals surface area contributed by atoms with Crippen LogP contribution in [0.1, 0.15) is 17.3 Å². The lowest BCUT2D eigenvalue weighted by Gasteiger charge is -2.08. The fraction of sp³-hybridized carbons (Fsp3) is 0.167. The minimum atomic E-state index is -0.363. The summed E-state index contributed by atoms with van der Waals surface area (Å²) in [4.78, 5) is 12.4. The fourth-order valence-electron chi connectivity index (χ4n) is 2.22. The zero-order chi connectivity index (χ0) is 18.5. The summed E-state index contributed by atoms with van der Waals surface area (Å²) in [7, 11) is 1.60. The Morgan fingerprint density at radius 3 is 2.65 bits per heavy atom. The van der Waals surface area contributed by atoms with Crippen LogP contribution in [-0.4, -0.2) is 28.3 Å². The number of methoxy groups -OCH3 is 1. The van der Waals surface area contributed by atoms with Crippen molar-refractivity contribution in [2.45, 2.75) is 16.5 Å². The molecule has 3 rings (SSSR count). The highest BCUT2D eigenvalue weighted by molar-refractivity contribution is 8.02. The summed E-state index contributed by atoms with van der Waals surface area (Å²) < 4.78 is 19.0. The molecular formula is C18H16FN3O2S2. The van der Waals surface area contributed by atoms with Gasteiger partial charge in [0.25, 0.3) is 0 Å². The Morgan fingerprint density at radius 1 is 1.19 bits per heavy atom. The molecule has 2 aromatic carbocycles. The van der Waals surface area contributed by atoms with Crippen molar-refractivity contribution < 1.29 is 13.9 Å². The van der Waals surface area contributed by atoms with E-state index < -0.39 is 0 Å². The summed E-state index contributed by atoms with van der Waals surface area (Å²) in [5.41, 5.74) is 1.27. The molecule has 0 aliphatic carbocycles. The zero-order valence-electron chi connectivity index (χ0n) is 14.1. The number of thioether (sulfide) groups is 1. The van der Waals surface area contributed by atoms with Crippen LogP contribution in [0.2, 0.25) is 0 Å². The second kappa shape index (κ2) is 8.29. The maximum absolute atomic E-state index is 13.0. The molecule has 0 spiro atoms. The molecule has 3 aromatic rings. The Morgan fingerprint density at radius 2 is 1.92 bits per heavy atom. The quantitative estimate of drug-likeness (QED) is 0.463. The van der Waals surface area contributed by atoms with Gasteiger partial charge >= 0.3 is 0 Å². The Bertz CT molecular complexity index is 899. The number of carbonyl (C=O) groups is 1. The van der Waals surface area contributed by atoms with Crippen molar-refractivity contribution in [2.75, 3.05) is 12.4 Å². The molecular weight excluding hydrogens is 373 g/mol. The average Bonchev–Trinajstić information content (AvgIpc) is 3.09. The molecule has 8 heteroatoms. The third-order valence-electron chi connectivity index (χ3n) is 3.53. The van der Waals surface area contributed by atoms with Crippen LogP contribution in [0, 0.1) is 5.82 Å². The standard InChI is InChI=1S/C18H16FN3O2S2/c1-11(16(23)12-7-9-13(19)10-8-12)25-18-22-21-17(26-18)20-14-5-3-4-6-15(14)24-2/h3-11H,1-2H3,(H,20,21)/t11-/m0/s1. The number of carbonyl (C=O) groups excluding carboxylic acids is 1. The van der Waals surface area contributed by atoms with Crippen molar-refractivity contribution in [3.8, 4) is 5.75 Å². The molecule has 0 radical (unpaired) electrons. The number of ether oxygens (including phenoxy) is 1. The summed E-state index contributed by atoms with van der Waals surface area (Å²) in [5, 5.41) is 11.6. The van der Waals surface area contributed by atoms with E-state index in [1.54, 1.807) is 14.0 Å². The van der Waals surface area contributed by atoms with Crippen molar-refractivity contribution in [3.63, 3.8) is 0 Å². The SMILES string of the molecule is COc1ccccc1Nc1nnc(S[C@@H](C)C(=O)c2ccc(F)cc2)s1. The number of ketones is 1. The van der Waals surface area contributed by atoms with Crippen LogP contribution in [0.4, 0.5) is 15.2 Å². The van der Waals surface area contributed by atoms with Gasteiger partial charge < -0.3 is 10.1 Å². The molecule has 0 amide bonds.